The topological polar surface area (TPSA) is 67.4 Å². The van der Waals surface area contributed by atoms with Crippen molar-refractivity contribution in [1.82, 2.24) is 5.48 Å². The quantitative estimate of drug-likeness (QED) is 0.806. The predicted molar refractivity (Wildman–Crippen MR) is 86.5 cm³/mol. The molecule has 0 heterocycles. The van der Waals surface area contributed by atoms with Gasteiger partial charge in [0.25, 0.3) is 5.91 Å². The number of hydrogen-bond donors (Lipinski definition) is 2. The molecule has 2 amide bonds. The number of carbonyl (C=O) groups excluding carboxylic acids is 2. The Morgan fingerprint density at radius 3 is 2.57 bits per heavy atom. The van der Waals surface area contributed by atoms with Crippen molar-refractivity contribution in [2.24, 2.45) is 5.92 Å². The summed E-state index contributed by atoms with van der Waals surface area (Å²) < 4.78 is 0. The molecule has 0 aliphatic heterocycles. The zero-order chi connectivity index (χ0) is 16.1. The first-order chi connectivity index (χ1) is 11.2. The van der Waals surface area contributed by atoms with Crippen molar-refractivity contribution in [2.45, 2.75) is 19.4 Å². The molecule has 0 aromatic heterocycles. The summed E-state index contributed by atoms with van der Waals surface area (Å²) in [5.41, 5.74) is 4.44. The summed E-state index contributed by atoms with van der Waals surface area (Å²) in [6.45, 7) is 0.296. The minimum Gasteiger partial charge on any atom is -0.326 e. The molecule has 5 heteroatoms. The number of hydrogen-bond acceptors (Lipinski definition) is 3. The van der Waals surface area contributed by atoms with Gasteiger partial charge in [-0.1, -0.05) is 36.4 Å². The van der Waals surface area contributed by atoms with Crippen LogP contribution >= 0.6 is 0 Å². The zero-order valence-corrected chi connectivity index (χ0v) is 12.6. The van der Waals surface area contributed by atoms with Crippen LogP contribution in [0.2, 0.25) is 0 Å². The van der Waals surface area contributed by atoms with Crippen LogP contribution in [0.4, 0.5) is 5.69 Å². The van der Waals surface area contributed by atoms with E-state index in [1.165, 1.54) is 0 Å². The first kappa shape index (κ1) is 15.2. The maximum Gasteiger partial charge on any atom is 0.274 e. The molecule has 2 aromatic carbocycles. The van der Waals surface area contributed by atoms with Gasteiger partial charge in [0.1, 0.15) is 0 Å². The number of benzene rings is 2. The van der Waals surface area contributed by atoms with E-state index in [2.05, 4.69) is 10.8 Å². The summed E-state index contributed by atoms with van der Waals surface area (Å²) >= 11 is 0. The summed E-state index contributed by atoms with van der Waals surface area (Å²) in [5.74, 6) is -0.201. The molecule has 0 unspecified atom stereocenters. The first-order valence-corrected chi connectivity index (χ1v) is 7.59. The lowest BCUT2D eigenvalue weighted by Crippen LogP contribution is -2.23. The van der Waals surface area contributed by atoms with E-state index in [1.807, 2.05) is 30.3 Å². The predicted octanol–water partition coefficient (Wildman–Crippen LogP) is 2.90. The van der Waals surface area contributed by atoms with Crippen LogP contribution in [0.1, 0.15) is 28.8 Å². The maximum atomic E-state index is 12.1. The van der Waals surface area contributed by atoms with Gasteiger partial charge in [-0.2, -0.15) is 0 Å². The number of anilines is 1. The average molecular weight is 310 g/mol. The highest BCUT2D eigenvalue weighted by molar-refractivity contribution is 5.97. The van der Waals surface area contributed by atoms with Gasteiger partial charge in [-0.25, -0.2) is 5.48 Å². The Bertz CT molecular complexity index is 696. The summed E-state index contributed by atoms with van der Waals surface area (Å²) in [6.07, 6.45) is 1.89. The lowest BCUT2D eigenvalue weighted by molar-refractivity contribution is -0.117. The van der Waals surface area contributed by atoms with Crippen molar-refractivity contribution >= 4 is 17.5 Å². The number of carbonyl (C=O) groups is 2. The largest absolute Gasteiger partial charge is 0.326 e. The average Bonchev–Trinajstić information content (AvgIpc) is 3.41. The van der Waals surface area contributed by atoms with Crippen molar-refractivity contribution in [3.63, 3.8) is 0 Å². The van der Waals surface area contributed by atoms with Gasteiger partial charge < -0.3 is 5.32 Å². The molecular formula is C18H18N2O3. The van der Waals surface area contributed by atoms with Crippen LogP contribution in [0, 0.1) is 5.92 Å². The first-order valence-electron chi connectivity index (χ1n) is 7.59. The highest BCUT2D eigenvalue weighted by atomic mass is 16.6. The number of nitrogens with one attached hydrogen (secondary N) is 2. The standard InChI is InChI=1S/C18H18N2O3/c21-17(14-9-10-14)19-16-8-4-7-15(11-16)18(22)20-23-12-13-5-2-1-3-6-13/h1-8,11,14H,9-10,12H2,(H,19,21)(H,20,22). The Morgan fingerprint density at radius 2 is 1.83 bits per heavy atom. The smallest absolute Gasteiger partial charge is 0.274 e. The van der Waals surface area contributed by atoms with Crippen LogP contribution in [0.25, 0.3) is 0 Å². The molecule has 0 spiro atoms. The van der Waals surface area contributed by atoms with E-state index < -0.39 is 0 Å². The Hall–Kier alpha value is -2.66. The third-order valence-electron chi connectivity index (χ3n) is 3.59. The second-order valence-corrected chi connectivity index (χ2v) is 5.55. The summed E-state index contributed by atoms with van der Waals surface area (Å²) in [7, 11) is 0. The Morgan fingerprint density at radius 1 is 1.04 bits per heavy atom. The lowest BCUT2D eigenvalue weighted by Gasteiger charge is -2.08. The maximum absolute atomic E-state index is 12.1. The SMILES string of the molecule is O=C(NOCc1ccccc1)c1cccc(NC(=O)C2CC2)c1. The van der Waals surface area contributed by atoms with Crippen molar-refractivity contribution in [1.29, 1.82) is 0 Å². The van der Waals surface area contributed by atoms with E-state index in [0.29, 0.717) is 17.9 Å². The number of rotatable bonds is 6. The van der Waals surface area contributed by atoms with Crippen LogP contribution in [0.3, 0.4) is 0 Å². The van der Waals surface area contributed by atoms with E-state index in [-0.39, 0.29) is 17.7 Å². The molecule has 1 saturated carbocycles. The summed E-state index contributed by atoms with van der Waals surface area (Å²) in [6, 6.07) is 16.4. The molecule has 0 atom stereocenters. The molecule has 2 N–H and O–H groups in total. The summed E-state index contributed by atoms with van der Waals surface area (Å²) in [4.78, 5) is 29.0. The minimum absolute atomic E-state index is 0.0166. The van der Waals surface area contributed by atoms with Gasteiger partial charge in [-0.15, -0.1) is 0 Å². The van der Waals surface area contributed by atoms with Crippen molar-refractivity contribution in [3.8, 4) is 0 Å². The van der Waals surface area contributed by atoms with Gasteiger partial charge in [0.05, 0.1) is 6.61 Å². The minimum atomic E-state index is -0.344. The molecule has 2 aromatic rings. The van der Waals surface area contributed by atoms with E-state index in [0.717, 1.165) is 18.4 Å². The number of amides is 2. The van der Waals surface area contributed by atoms with Crippen LogP contribution in [-0.2, 0) is 16.2 Å². The molecule has 1 fully saturated rings. The van der Waals surface area contributed by atoms with Gasteiger partial charge in [-0.05, 0) is 36.6 Å². The second-order valence-electron chi connectivity index (χ2n) is 5.55. The molecule has 118 valence electrons. The van der Waals surface area contributed by atoms with E-state index >= 15 is 0 Å². The summed E-state index contributed by atoms with van der Waals surface area (Å²) in [5, 5.41) is 2.82. The van der Waals surface area contributed by atoms with Gasteiger partial charge >= 0.3 is 0 Å². The molecule has 0 saturated heterocycles. The van der Waals surface area contributed by atoms with Crippen LogP contribution < -0.4 is 10.8 Å². The third-order valence-corrected chi connectivity index (χ3v) is 3.59. The van der Waals surface area contributed by atoms with Gasteiger partial charge in [0.2, 0.25) is 5.91 Å². The van der Waals surface area contributed by atoms with Gasteiger partial charge in [-0.3, -0.25) is 14.4 Å². The van der Waals surface area contributed by atoms with Crippen LogP contribution in [-0.4, -0.2) is 11.8 Å². The molecule has 0 bridgehead atoms. The van der Waals surface area contributed by atoms with Crippen molar-refractivity contribution in [2.75, 3.05) is 5.32 Å². The van der Waals surface area contributed by atoms with E-state index in [4.69, 9.17) is 4.84 Å². The van der Waals surface area contributed by atoms with E-state index in [1.54, 1.807) is 24.3 Å². The van der Waals surface area contributed by atoms with Crippen LogP contribution in [0.5, 0.6) is 0 Å². The monoisotopic (exact) mass is 310 g/mol. The van der Waals surface area contributed by atoms with Gasteiger partial charge in [0.15, 0.2) is 0 Å². The zero-order valence-electron chi connectivity index (χ0n) is 12.6. The Balaban J connectivity index is 1.53. The molecule has 5 nitrogen and oxygen atoms in total. The third kappa shape index (κ3) is 4.40. The molecule has 23 heavy (non-hydrogen) atoms. The Labute approximate surface area is 134 Å². The van der Waals surface area contributed by atoms with Crippen molar-refractivity contribution in [3.05, 3.63) is 65.7 Å². The van der Waals surface area contributed by atoms with Crippen LogP contribution in [0.15, 0.2) is 54.6 Å². The van der Waals surface area contributed by atoms with E-state index in [9.17, 15) is 9.59 Å². The fourth-order valence-electron chi connectivity index (χ4n) is 2.15. The molecule has 0 radical (unpaired) electrons. The fourth-order valence-corrected chi connectivity index (χ4v) is 2.15. The second kappa shape index (κ2) is 7.07. The molecule has 1 aliphatic rings. The molecule has 1 aliphatic carbocycles. The lowest BCUT2D eigenvalue weighted by atomic mass is 10.2. The highest BCUT2D eigenvalue weighted by Crippen LogP contribution is 2.30. The normalized spacial score (nSPS) is 13.4. The van der Waals surface area contributed by atoms with Gasteiger partial charge in [0, 0.05) is 17.2 Å². The fraction of sp³-hybridized carbons (Fsp3) is 0.222. The molecular weight excluding hydrogens is 292 g/mol. The number of hydroxylamine groups is 1. The van der Waals surface area contributed by atoms with Crippen molar-refractivity contribution < 1.29 is 14.4 Å². The molecule has 3 rings (SSSR count). The highest BCUT2D eigenvalue weighted by Gasteiger charge is 2.29. The Kier molecular flexibility index (Phi) is 4.68.